The zero-order valence-corrected chi connectivity index (χ0v) is 18.6. The van der Waals surface area contributed by atoms with Gasteiger partial charge in [0.2, 0.25) is 5.95 Å². The Bertz CT molecular complexity index is 1220. The Morgan fingerprint density at radius 3 is 2.57 bits per heavy atom. The van der Waals surface area contributed by atoms with Crippen LogP contribution in [0.25, 0.3) is 11.2 Å². The fourth-order valence-electron chi connectivity index (χ4n) is 4.33. The molecular weight excluding hydrogens is 378 g/mol. The molecule has 0 saturated heterocycles. The minimum atomic E-state index is -0.287. The van der Waals surface area contributed by atoms with Crippen molar-refractivity contribution in [2.45, 2.75) is 60.0 Å². The molecule has 7 heteroatoms. The van der Waals surface area contributed by atoms with Gasteiger partial charge in [-0.3, -0.25) is 13.9 Å². The predicted molar refractivity (Wildman–Crippen MR) is 121 cm³/mol. The van der Waals surface area contributed by atoms with Crippen LogP contribution in [0.3, 0.4) is 0 Å². The van der Waals surface area contributed by atoms with Gasteiger partial charge >= 0.3 is 5.69 Å². The average Bonchev–Trinajstić information content (AvgIpc) is 3.10. The number of nitrogens with zero attached hydrogens (tertiary/aromatic N) is 5. The molecular formula is C23H31N5O2. The highest BCUT2D eigenvalue weighted by molar-refractivity contribution is 5.77. The van der Waals surface area contributed by atoms with Gasteiger partial charge in [0.25, 0.3) is 5.56 Å². The van der Waals surface area contributed by atoms with Crippen LogP contribution in [-0.2, 0) is 20.1 Å². The maximum atomic E-state index is 13.3. The molecule has 0 fully saturated rings. The van der Waals surface area contributed by atoms with Gasteiger partial charge in [0.15, 0.2) is 11.2 Å². The number of rotatable bonds is 5. The van der Waals surface area contributed by atoms with E-state index >= 15 is 0 Å². The number of aromatic nitrogens is 4. The molecule has 0 N–H and O–H groups in total. The molecule has 0 saturated carbocycles. The molecule has 1 aliphatic rings. The third-order valence-electron chi connectivity index (χ3n) is 6.23. The molecule has 3 heterocycles. The van der Waals surface area contributed by atoms with Gasteiger partial charge in [-0.05, 0) is 49.4 Å². The van der Waals surface area contributed by atoms with Crippen LogP contribution in [-0.4, -0.2) is 25.2 Å². The summed E-state index contributed by atoms with van der Waals surface area (Å²) in [5, 5.41) is 0. The zero-order valence-electron chi connectivity index (χ0n) is 18.6. The number of hydrogen-bond donors (Lipinski definition) is 0. The summed E-state index contributed by atoms with van der Waals surface area (Å²) in [7, 11) is 1.71. The van der Waals surface area contributed by atoms with Gasteiger partial charge in [-0.2, -0.15) is 4.98 Å². The Kier molecular flexibility index (Phi) is 5.30. The van der Waals surface area contributed by atoms with Crippen molar-refractivity contribution in [2.75, 3.05) is 11.4 Å². The SMILES string of the molecule is CCCCCn1c(=O)c2c(nc3n2CC(C)CN3c2ccc(C)c(C)c2)n(C)c1=O. The first-order valence-electron chi connectivity index (χ1n) is 10.9. The lowest BCUT2D eigenvalue weighted by molar-refractivity contribution is 0.457. The van der Waals surface area contributed by atoms with E-state index in [0.29, 0.717) is 23.6 Å². The van der Waals surface area contributed by atoms with Crippen molar-refractivity contribution in [3.8, 4) is 0 Å². The highest BCUT2D eigenvalue weighted by Crippen LogP contribution is 2.33. The maximum Gasteiger partial charge on any atom is 0.332 e. The average molecular weight is 410 g/mol. The Labute approximate surface area is 176 Å². The third kappa shape index (κ3) is 3.26. The van der Waals surface area contributed by atoms with Crippen LogP contribution in [0.2, 0.25) is 0 Å². The van der Waals surface area contributed by atoms with Gasteiger partial charge in [0.1, 0.15) is 0 Å². The molecule has 1 aromatic carbocycles. The monoisotopic (exact) mass is 409 g/mol. The quantitative estimate of drug-likeness (QED) is 0.605. The van der Waals surface area contributed by atoms with Crippen molar-refractivity contribution in [3.05, 3.63) is 50.2 Å². The summed E-state index contributed by atoms with van der Waals surface area (Å²) in [5.41, 5.74) is 4.02. The molecule has 30 heavy (non-hydrogen) atoms. The maximum absolute atomic E-state index is 13.3. The second-order valence-corrected chi connectivity index (χ2v) is 8.68. The molecule has 1 atom stereocenters. The third-order valence-corrected chi connectivity index (χ3v) is 6.23. The van der Waals surface area contributed by atoms with Gasteiger partial charge in [-0.25, -0.2) is 4.79 Å². The van der Waals surface area contributed by atoms with Crippen LogP contribution in [0.4, 0.5) is 11.6 Å². The van der Waals surface area contributed by atoms with Gasteiger partial charge in [-0.1, -0.05) is 32.8 Å². The van der Waals surface area contributed by atoms with Gasteiger partial charge in [-0.15, -0.1) is 0 Å². The van der Waals surface area contributed by atoms with Crippen molar-refractivity contribution in [1.82, 2.24) is 18.7 Å². The van der Waals surface area contributed by atoms with Crippen molar-refractivity contribution < 1.29 is 0 Å². The lowest BCUT2D eigenvalue weighted by atomic mass is 10.1. The zero-order chi connectivity index (χ0) is 21.6. The Morgan fingerprint density at radius 2 is 1.87 bits per heavy atom. The summed E-state index contributed by atoms with van der Waals surface area (Å²) in [6.07, 6.45) is 2.86. The Hall–Kier alpha value is -2.83. The summed E-state index contributed by atoms with van der Waals surface area (Å²) in [4.78, 5) is 33.2. The summed E-state index contributed by atoms with van der Waals surface area (Å²) >= 11 is 0. The van der Waals surface area contributed by atoms with E-state index in [-0.39, 0.29) is 11.2 Å². The summed E-state index contributed by atoms with van der Waals surface area (Å²) < 4.78 is 4.92. The minimum Gasteiger partial charge on any atom is -0.312 e. The topological polar surface area (TPSA) is 65.1 Å². The molecule has 4 rings (SSSR count). The number of anilines is 2. The van der Waals surface area contributed by atoms with E-state index in [1.807, 2.05) is 4.57 Å². The first kappa shape index (κ1) is 20.4. The van der Waals surface area contributed by atoms with E-state index in [1.54, 1.807) is 7.05 Å². The van der Waals surface area contributed by atoms with Crippen LogP contribution in [0.1, 0.15) is 44.2 Å². The number of hydrogen-bond acceptors (Lipinski definition) is 4. The van der Waals surface area contributed by atoms with Crippen molar-refractivity contribution in [3.63, 3.8) is 0 Å². The van der Waals surface area contributed by atoms with Crippen molar-refractivity contribution >= 4 is 22.8 Å². The second-order valence-electron chi connectivity index (χ2n) is 8.68. The Morgan fingerprint density at radius 1 is 1.10 bits per heavy atom. The molecule has 3 aromatic rings. The normalized spacial score (nSPS) is 16.3. The molecule has 1 unspecified atom stereocenters. The van der Waals surface area contributed by atoms with Crippen LogP contribution in [0, 0.1) is 19.8 Å². The summed E-state index contributed by atoms with van der Waals surface area (Å²) in [5.74, 6) is 1.09. The van der Waals surface area contributed by atoms with Crippen molar-refractivity contribution in [1.29, 1.82) is 0 Å². The molecule has 0 spiro atoms. The van der Waals surface area contributed by atoms with E-state index in [0.717, 1.165) is 44.0 Å². The van der Waals surface area contributed by atoms with E-state index < -0.39 is 0 Å². The molecule has 0 radical (unpaired) electrons. The van der Waals surface area contributed by atoms with Crippen LogP contribution in [0.5, 0.6) is 0 Å². The number of benzene rings is 1. The van der Waals surface area contributed by atoms with E-state index in [1.165, 1.54) is 20.3 Å². The standard InChI is InChI=1S/C23H31N5O2/c1-6-7-8-11-26-21(29)19-20(25(5)23(26)30)24-22-27(13-15(2)14-28(19)22)18-10-9-16(3)17(4)12-18/h9-10,12,15H,6-8,11,13-14H2,1-5H3. The van der Waals surface area contributed by atoms with E-state index in [9.17, 15) is 9.59 Å². The molecule has 0 amide bonds. The second kappa shape index (κ2) is 7.78. The fourth-order valence-corrected chi connectivity index (χ4v) is 4.33. The summed E-state index contributed by atoms with van der Waals surface area (Å²) in [6, 6.07) is 6.39. The lowest BCUT2D eigenvalue weighted by Gasteiger charge is -2.33. The summed E-state index contributed by atoms with van der Waals surface area (Å²) in [6.45, 7) is 10.5. The number of unbranched alkanes of at least 4 members (excludes halogenated alkanes) is 2. The first-order valence-corrected chi connectivity index (χ1v) is 10.9. The highest BCUT2D eigenvalue weighted by Gasteiger charge is 2.29. The van der Waals surface area contributed by atoms with E-state index in [2.05, 4.69) is 50.8 Å². The Balaban J connectivity index is 1.92. The minimum absolute atomic E-state index is 0.225. The van der Waals surface area contributed by atoms with E-state index in [4.69, 9.17) is 4.98 Å². The highest BCUT2D eigenvalue weighted by atomic mass is 16.2. The molecule has 160 valence electrons. The lowest BCUT2D eigenvalue weighted by Crippen LogP contribution is -2.40. The first-order chi connectivity index (χ1) is 14.3. The molecule has 0 bridgehead atoms. The molecule has 0 aliphatic carbocycles. The largest absolute Gasteiger partial charge is 0.332 e. The number of aryl methyl sites for hydroxylation is 3. The van der Waals surface area contributed by atoms with Crippen LogP contribution in [0.15, 0.2) is 27.8 Å². The molecule has 7 nitrogen and oxygen atoms in total. The van der Waals surface area contributed by atoms with Crippen molar-refractivity contribution in [2.24, 2.45) is 13.0 Å². The smallest absolute Gasteiger partial charge is 0.312 e. The molecule has 1 aliphatic heterocycles. The fraction of sp³-hybridized carbons (Fsp3) is 0.522. The van der Waals surface area contributed by atoms with Crippen LogP contribution >= 0.6 is 0 Å². The van der Waals surface area contributed by atoms with Gasteiger partial charge in [0.05, 0.1) is 0 Å². The van der Waals surface area contributed by atoms with Gasteiger partial charge in [0, 0.05) is 32.4 Å². The number of imidazole rings is 1. The molecule has 2 aromatic heterocycles. The number of fused-ring (bicyclic) bond motifs is 3. The van der Waals surface area contributed by atoms with Gasteiger partial charge < -0.3 is 9.47 Å². The predicted octanol–water partition coefficient (Wildman–Crippen LogP) is 3.49. The van der Waals surface area contributed by atoms with Crippen LogP contribution < -0.4 is 16.1 Å².